The number of likely N-dealkylation sites (N-methyl/N-ethyl adjacent to an activating group) is 1. The van der Waals surface area contributed by atoms with Crippen LogP contribution in [-0.4, -0.2) is 78.0 Å². The highest BCUT2D eigenvalue weighted by Crippen LogP contribution is 2.21. The van der Waals surface area contributed by atoms with Gasteiger partial charge >= 0.3 is 0 Å². The number of ether oxygens (including phenoxy) is 1. The third kappa shape index (κ3) is 4.61. The molecule has 3 heterocycles. The highest BCUT2D eigenvalue weighted by Gasteiger charge is 2.34. The Labute approximate surface area is 155 Å². The van der Waals surface area contributed by atoms with Crippen LogP contribution in [0.2, 0.25) is 0 Å². The van der Waals surface area contributed by atoms with Crippen LogP contribution in [0.25, 0.3) is 0 Å². The number of nitrogens with zero attached hydrogens (tertiary/aromatic N) is 4. The summed E-state index contributed by atoms with van der Waals surface area (Å²) in [5.41, 5.74) is 0.921. The molecule has 138 valence electrons. The molecular formula is C15H27Cl2N5O2. The van der Waals surface area contributed by atoms with E-state index in [0.29, 0.717) is 6.04 Å². The van der Waals surface area contributed by atoms with E-state index in [9.17, 15) is 4.79 Å². The van der Waals surface area contributed by atoms with Crippen LogP contribution in [0.4, 0.5) is 0 Å². The number of aromatic nitrogens is 2. The number of aryl methyl sites for hydroxylation is 1. The topological polar surface area (TPSA) is 62.6 Å². The summed E-state index contributed by atoms with van der Waals surface area (Å²) in [6.07, 6.45) is 4.71. The summed E-state index contributed by atoms with van der Waals surface area (Å²) in [5.74, 6) is 0.145. The van der Waals surface area contributed by atoms with Crippen molar-refractivity contribution in [2.24, 2.45) is 7.05 Å². The minimum atomic E-state index is -0.308. The van der Waals surface area contributed by atoms with E-state index in [2.05, 4.69) is 15.3 Å². The smallest absolute Gasteiger partial charge is 0.244 e. The molecule has 0 aliphatic carbocycles. The average Bonchev–Trinajstić information content (AvgIpc) is 3.18. The van der Waals surface area contributed by atoms with E-state index in [1.54, 1.807) is 10.9 Å². The largest absolute Gasteiger partial charge is 0.379 e. The first-order valence-electron chi connectivity index (χ1n) is 7.95. The highest BCUT2D eigenvalue weighted by molar-refractivity contribution is 5.85. The lowest BCUT2D eigenvalue weighted by atomic mass is 10.1. The summed E-state index contributed by atoms with van der Waals surface area (Å²) in [7, 11) is 3.69. The Balaban J connectivity index is 0.00000144. The van der Waals surface area contributed by atoms with Gasteiger partial charge in [-0.15, -0.1) is 24.8 Å². The molecule has 0 spiro atoms. The Morgan fingerprint density at radius 3 is 2.62 bits per heavy atom. The van der Waals surface area contributed by atoms with Crippen molar-refractivity contribution in [3.05, 3.63) is 18.0 Å². The fourth-order valence-corrected chi connectivity index (χ4v) is 3.39. The molecule has 2 unspecified atom stereocenters. The van der Waals surface area contributed by atoms with Gasteiger partial charge in [-0.3, -0.25) is 14.4 Å². The molecule has 1 amide bonds. The van der Waals surface area contributed by atoms with Crippen molar-refractivity contribution in [2.75, 3.05) is 46.4 Å². The summed E-state index contributed by atoms with van der Waals surface area (Å²) in [6, 6.07) is 0.163. The van der Waals surface area contributed by atoms with E-state index in [-0.39, 0.29) is 36.8 Å². The number of rotatable bonds is 4. The van der Waals surface area contributed by atoms with Gasteiger partial charge in [-0.05, 0) is 13.5 Å². The summed E-state index contributed by atoms with van der Waals surface area (Å²) >= 11 is 0. The molecule has 2 fully saturated rings. The van der Waals surface area contributed by atoms with Crippen LogP contribution in [0.3, 0.4) is 0 Å². The van der Waals surface area contributed by atoms with E-state index in [0.717, 1.165) is 51.4 Å². The predicted molar refractivity (Wildman–Crippen MR) is 96.9 cm³/mol. The van der Waals surface area contributed by atoms with Crippen LogP contribution in [0.15, 0.2) is 12.4 Å². The lowest BCUT2D eigenvalue weighted by molar-refractivity contribution is -0.132. The van der Waals surface area contributed by atoms with Crippen molar-refractivity contribution < 1.29 is 9.53 Å². The zero-order valence-corrected chi connectivity index (χ0v) is 15.8. The molecule has 2 saturated heterocycles. The van der Waals surface area contributed by atoms with Crippen LogP contribution in [0.1, 0.15) is 18.0 Å². The molecule has 1 aromatic rings. The maximum atomic E-state index is 12.8. The minimum Gasteiger partial charge on any atom is -0.379 e. The molecule has 24 heavy (non-hydrogen) atoms. The first-order valence-corrected chi connectivity index (χ1v) is 7.95. The number of carbonyl (C=O) groups is 1. The molecule has 7 nitrogen and oxygen atoms in total. The monoisotopic (exact) mass is 379 g/mol. The Morgan fingerprint density at radius 2 is 2.04 bits per heavy atom. The minimum absolute atomic E-state index is 0. The fourth-order valence-electron chi connectivity index (χ4n) is 3.39. The number of halogens is 2. The molecule has 1 N–H and O–H groups in total. The van der Waals surface area contributed by atoms with Gasteiger partial charge in [0.1, 0.15) is 6.04 Å². The first-order chi connectivity index (χ1) is 10.7. The number of carbonyl (C=O) groups excluding carboxylic acids is 1. The van der Waals surface area contributed by atoms with Gasteiger partial charge in [-0.1, -0.05) is 0 Å². The second kappa shape index (κ2) is 9.58. The molecule has 2 aliphatic rings. The maximum absolute atomic E-state index is 12.8. The molecule has 3 rings (SSSR count). The quantitative estimate of drug-likeness (QED) is 0.822. The molecule has 0 saturated carbocycles. The van der Waals surface area contributed by atoms with Gasteiger partial charge in [0.05, 0.1) is 19.4 Å². The summed E-state index contributed by atoms with van der Waals surface area (Å²) in [6.45, 7) is 5.21. The average molecular weight is 380 g/mol. The summed E-state index contributed by atoms with van der Waals surface area (Å²) in [5, 5.41) is 7.29. The standard InChI is InChI=1S/C15H25N5O2.2ClH/c1-16-14(12-9-17-18(2)10-12)15(21)20-4-3-13(11-20)19-5-7-22-8-6-19;;/h9-10,13-14,16H,3-8,11H2,1-2H3;2*1H. The Bertz CT molecular complexity index is 522. The van der Waals surface area contributed by atoms with Gasteiger partial charge in [0.25, 0.3) is 0 Å². The predicted octanol–water partition coefficient (Wildman–Crippen LogP) is 0.457. The third-order valence-corrected chi connectivity index (χ3v) is 4.63. The Hall–Kier alpha value is -0.860. The molecule has 9 heteroatoms. The number of hydrogen-bond donors (Lipinski definition) is 1. The lowest BCUT2D eigenvalue weighted by Gasteiger charge is -2.32. The molecule has 0 bridgehead atoms. The third-order valence-electron chi connectivity index (χ3n) is 4.63. The Morgan fingerprint density at radius 1 is 1.33 bits per heavy atom. The van der Waals surface area contributed by atoms with Crippen molar-refractivity contribution in [3.8, 4) is 0 Å². The lowest BCUT2D eigenvalue weighted by Crippen LogP contribution is -2.46. The number of amides is 1. The van der Waals surface area contributed by atoms with Gasteiger partial charge in [0, 0.05) is 51.0 Å². The summed E-state index contributed by atoms with van der Waals surface area (Å²) in [4.78, 5) is 17.2. The molecular weight excluding hydrogens is 353 g/mol. The number of hydrogen-bond acceptors (Lipinski definition) is 5. The zero-order chi connectivity index (χ0) is 15.5. The summed E-state index contributed by atoms with van der Waals surface area (Å²) < 4.78 is 7.14. The van der Waals surface area contributed by atoms with Crippen LogP contribution >= 0.6 is 24.8 Å². The maximum Gasteiger partial charge on any atom is 0.244 e. The normalized spacial score (nSPS) is 22.6. The van der Waals surface area contributed by atoms with E-state index in [1.165, 1.54) is 0 Å². The molecule has 2 aliphatic heterocycles. The van der Waals surface area contributed by atoms with E-state index < -0.39 is 0 Å². The van der Waals surface area contributed by atoms with Gasteiger partial charge in [0.2, 0.25) is 5.91 Å². The van der Waals surface area contributed by atoms with Crippen LogP contribution < -0.4 is 5.32 Å². The van der Waals surface area contributed by atoms with Gasteiger partial charge in [-0.2, -0.15) is 5.10 Å². The van der Waals surface area contributed by atoms with E-state index in [4.69, 9.17) is 4.74 Å². The van der Waals surface area contributed by atoms with Crippen molar-refractivity contribution >= 4 is 30.7 Å². The van der Waals surface area contributed by atoms with Crippen molar-refractivity contribution in [1.82, 2.24) is 24.9 Å². The number of morpholine rings is 1. The Kier molecular flexibility index (Phi) is 8.45. The van der Waals surface area contributed by atoms with Crippen molar-refractivity contribution in [2.45, 2.75) is 18.5 Å². The van der Waals surface area contributed by atoms with Gasteiger partial charge < -0.3 is 15.0 Å². The second-order valence-corrected chi connectivity index (χ2v) is 6.04. The van der Waals surface area contributed by atoms with Crippen LogP contribution in [0.5, 0.6) is 0 Å². The van der Waals surface area contributed by atoms with E-state index >= 15 is 0 Å². The van der Waals surface area contributed by atoms with Crippen LogP contribution in [0, 0.1) is 0 Å². The number of nitrogens with one attached hydrogen (secondary N) is 1. The van der Waals surface area contributed by atoms with E-state index in [1.807, 2.05) is 25.2 Å². The van der Waals surface area contributed by atoms with Crippen molar-refractivity contribution in [1.29, 1.82) is 0 Å². The molecule has 0 radical (unpaired) electrons. The zero-order valence-electron chi connectivity index (χ0n) is 14.2. The van der Waals surface area contributed by atoms with Gasteiger partial charge in [0.15, 0.2) is 0 Å². The second-order valence-electron chi connectivity index (χ2n) is 6.04. The molecule has 0 aromatic carbocycles. The van der Waals surface area contributed by atoms with Crippen molar-refractivity contribution in [3.63, 3.8) is 0 Å². The SMILES string of the molecule is CNC(C(=O)N1CCC(N2CCOCC2)C1)c1cnn(C)c1.Cl.Cl. The fraction of sp³-hybridized carbons (Fsp3) is 0.733. The first kappa shape index (κ1) is 21.2. The number of likely N-dealkylation sites (tertiary alicyclic amines) is 1. The molecule has 1 aromatic heterocycles. The van der Waals surface area contributed by atoms with Gasteiger partial charge in [-0.25, -0.2) is 0 Å². The van der Waals surface area contributed by atoms with Crippen LogP contribution in [-0.2, 0) is 16.6 Å². The highest BCUT2D eigenvalue weighted by atomic mass is 35.5. The molecule has 2 atom stereocenters.